The van der Waals surface area contributed by atoms with Crippen molar-refractivity contribution in [2.24, 2.45) is 0 Å². The topological polar surface area (TPSA) is 8.17 Å². The molecule has 16 heavy (non-hydrogen) atoms. The van der Waals surface area contributed by atoms with Crippen molar-refractivity contribution in [3.8, 4) is 0 Å². The highest BCUT2D eigenvalue weighted by molar-refractivity contribution is 6.35. The van der Waals surface area contributed by atoms with Crippen LogP contribution in [-0.2, 0) is 6.54 Å². The Hall–Kier alpha value is -0.990. The molecule has 0 saturated heterocycles. The molecule has 0 radical (unpaired) electrons. The zero-order valence-corrected chi connectivity index (χ0v) is 10.5. The second-order valence-electron chi connectivity index (χ2n) is 4.34. The molecule has 3 heteroatoms. The summed E-state index contributed by atoms with van der Waals surface area (Å²) in [5.41, 5.74) is 1.23. The lowest BCUT2D eigenvalue weighted by Crippen LogP contribution is -2.14. The van der Waals surface area contributed by atoms with Gasteiger partial charge in [-0.1, -0.05) is 17.7 Å². The van der Waals surface area contributed by atoms with Crippen LogP contribution >= 0.6 is 11.6 Å². The van der Waals surface area contributed by atoms with E-state index >= 15 is 0 Å². The number of hydrogen-bond donors (Lipinski definition) is 0. The number of nitrogens with zero attached hydrogens (tertiary/aromatic N) is 2. The summed E-state index contributed by atoms with van der Waals surface area (Å²) in [5.74, 6) is 0. The van der Waals surface area contributed by atoms with Gasteiger partial charge in [0.05, 0.1) is 0 Å². The van der Waals surface area contributed by atoms with Crippen LogP contribution in [0.4, 0.5) is 0 Å². The molecule has 86 valence electrons. The van der Waals surface area contributed by atoms with Crippen LogP contribution in [0.15, 0.2) is 30.5 Å². The van der Waals surface area contributed by atoms with Crippen molar-refractivity contribution in [1.29, 1.82) is 0 Å². The van der Waals surface area contributed by atoms with Crippen molar-refractivity contribution in [1.82, 2.24) is 9.47 Å². The number of halogens is 1. The summed E-state index contributed by atoms with van der Waals surface area (Å²) in [6.07, 6.45) is 3.27. The van der Waals surface area contributed by atoms with Crippen LogP contribution in [0.25, 0.3) is 10.9 Å². The Morgan fingerprint density at radius 1 is 1.25 bits per heavy atom. The highest BCUT2D eigenvalue weighted by atomic mass is 35.5. The minimum absolute atomic E-state index is 0.837. The van der Waals surface area contributed by atoms with Crippen LogP contribution in [0, 0.1) is 0 Å². The SMILES string of the molecule is CN(C)CCCn1ccc2c(Cl)cccc21. The van der Waals surface area contributed by atoms with Crippen LogP contribution in [-0.4, -0.2) is 30.1 Å². The highest BCUT2D eigenvalue weighted by Crippen LogP contribution is 2.24. The lowest BCUT2D eigenvalue weighted by Gasteiger charge is -2.10. The van der Waals surface area contributed by atoms with E-state index in [1.807, 2.05) is 12.1 Å². The van der Waals surface area contributed by atoms with Gasteiger partial charge in [-0.3, -0.25) is 0 Å². The largest absolute Gasteiger partial charge is 0.347 e. The Bertz CT molecular complexity index is 474. The van der Waals surface area contributed by atoms with E-state index in [1.54, 1.807) is 0 Å². The van der Waals surface area contributed by atoms with E-state index < -0.39 is 0 Å². The normalized spacial score (nSPS) is 11.5. The van der Waals surface area contributed by atoms with Crippen molar-refractivity contribution in [2.45, 2.75) is 13.0 Å². The molecule has 2 rings (SSSR count). The fourth-order valence-electron chi connectivity index (χ4n) is 1.94. The number of benzene rings is 1. The zero-order valence-electron chi connectivity index (χ0n) is 9.78. The van der Waals surface area contributed by atoms with E-state index in [9.17, 15) is 0 Å². The maximum absolute atomic E-state index is 6.13. The molecule has 0 fully saturated rings. The van der Waals surface area contributed by atoms with Crippen molar-refractivity contribution in [3.63, 3.8) is 0 Å². The molecule has 0 aliphatic heterocycles. The summed E-state index contributed by atoms with van der Waals surface area (Å²) in [5, 5.41) is 1.98. The average molecular weight is 237 g/mol. The molecule has 0 spiro atoms. The molecule has 0 aliphatic carbocycles. The fraction of sp³-hybridized carbons (Fsp3) is 0.385. The van der Waals surface area contributed by atoms with E-state index in [0.717, 1.165) is 29.9 Å². The molecule has 2 nitrogen and oxygen atoms in total. The number of rotatable bonds is 4. The number of aromatic nitrogens is 1. The molecule has 0 atom stereocenters. The van der Waals surface area contributed by atoms with E-state index in [2.05, 4.69) is 41.9 Å². The second-order valence-corrected chi connectivity index (χ2v) is 4.75. The summed E-state index contributed by atoms with van der Waals surface area (Å²) in [7, 11) is 4.20. The summed E-state index contributed by atoms with van der Waals surface area (Å²) >= 11 is 6.13. The van der Waals surface area contributed by atoms with Crippen molar-refractivity contribution < 1.29 is 0 Å². The van der Waals surface area contributed by atoms with Crippen molar-refractivity contribution in [3.05, 3.63) is 35.5 Å². The monoisotopic (exact) mass is 236 g/mol. The van der Waals surface area contributed by atoms with Crippen LogP contribution in [0.1, 0.15) is 6.42 Å². The van der Waals surface area contributed by atoms with Crippen LogP contribution in [0.2, 0.25) is 5.02 Å². The fourth-order valence-corrected chi connectivity index (χ4v) is 2.17. The summed E-state index contributed by atoms with van der Waals surface area (Å²) in [6, 6.07) is 8.16. The first kappa shape index (κ1) is 11.5. The zero-order chi connectivity index (χ0) is 11.5. The lowest BCUT2D eigenvalue weighted by atomic mass is 10.2. The van der Waals surface area contributed by atoms with Gasteiger partial charge in [-0.15, -0.1) is 0 Å². The maximum Gasteiger partial charge on any atom is 0.0499 e. The molecular formula is C13H17ClN2. The van der Waals surface area contributed by atoms with Crippen LogP contribution in [0.3, 0.4) is 0 Å². The summed E-state index contributed by atoms with van der Waals surface area (Å²) in [6.45, 7) is 2.16. The van der Waals surface area contributed by atoms with Gasteiger partial charge in [0.1, 0.15) is 0 Å². The lowest BCUT2D eigenvalue weighted by molar-refractivity contribution is 0.388. The first-order valence-electron chi connectivity index (χ1n) is 5.56. The number of hydrogen-bond acceptors (Lipinski definition) is 1. The quantitative estimate of drug-likeness (QED) is 0.791. The molecule has 1 aromatic carbocycles. The van der Waals surface area contributed by atoms with Gasteiger partial charge in [-0.05, 0) is 45.3 Å². The van der Waals surface area contributed by atoms with E-state index in [4.69, 9.17) is 11.6 Å². The minimum atomic E-state index is 0.837. The third kappa shape index (κ3) is 2.39. The molecule has 0 amide bonds. The van der Waals surface area contributed by atoms with E-state index in [0.29, 0.717) is 0 Å². The number of aryl methyl sites for hydroxylation is 1. The van der Waals surface area contributed by atoms with E-state index in [-0.39, 0.29) is 0 Å². The van der Waals surface area contributed by atoms with Gasteiger partial charge in [0.2, 0.25) is 0 Å². The van der Waals surface area contributed by atoms with Gasteiger partial charge < -0.3 is 9.47 Å². The molecule has 0 N–H and O–H groups in total. The Morgan fingerprint density at radius 2 is 2.06 bits per heavy atom. The highest BCUT2D eigenvalue weighted by Gasteiger charge is 2.03. The second kappa shape index (κ2) is 4.89. The average Bonchev–Trinajstić information content (AvgIpc) is 2.63. The molecule has 0 saturated carbocycles. The Kier molecular flexibility index (Phi) is 3.52. The van der Waals surface area contributed by atoms with Crippen LogP contribution in [0.5, 0.6) is 0 Å². The van der Waals surface area contributed by atoms with Gasteiger partial charge in [0.15, 0.2) is 0 Å². The van der Waals surface area contributed by atoms with Gasteiger partial charge in [0.25, 0.3) is 0 Å². The Balaban J connectivity index is 2.16. The smallest absolute Gasteiger partial charge is 0.0499 e. The van der Waals surface area contributed by atoms with Crippen molar-refractivity contribution >= 4 is 22.5 Å². The Labute approximate surface area is 101 Å². The maximum atomic E-state index is 6.13. The molecule has 0 bridgehead atoms. The molecule has 2 aromatic rings. The van der Waals surface area contributed by atoms with Crippen molar-refractivity contribution in [2.75, 3.05) is 20.6 Å². The third-order valence-electron chi connectivity index (χ3n) is 2.76. The predicted molar refractivity (Wildman–Crippen MR) is 70.1 cm³/mol. The molecule has 0 unspecified atom stereocenters. The van der Waals surface area contributed by atoms with Crippen LogP contribution < -0.4 is 0 Å². The molecular weight excluding hydrogens is 220 g/mol. The van der Waals surface area contributed by atoms with Gasteiger partial charge in [-0.2, -0.15) is 0 Å². The van der Waals surface area contributed by atoms with Gasteiger partial charge in [0, 0.05) is 28.7 Å². The summed E-state index contributed by atoms with van der Waals surface area (Å²) < 4.78 is 2.27. The predicted octanol–water partition coefficient (Wildman–Crippen LogP) is 3.25. The van der Waals surface area contributed by atoms with Gasteiger partial charge in [-0.25, -0.2) is 0 Å². The first-order valence-corrected chi connectivity index (χ1v) is 5.94. The number of fused-ring (bicyclic) bond motifs is 1. The molecule has 1 aromatic heterocycles. The standard InChI is InChI=1S/C13H17ClN2/c1-15(2)8-4-9-16-10-7-11-12(14)5-3-6-13(11)16/h3,5-7,10H,4,8-9H2,1-2H3. The first-order chi connectivity index (χ1) is 7.68. The molecule has 0 aliphatic rings. The van der Waals surface area contributed by atoms with E-state index in [1.165, 1.54) is 5.52 Å². The minimum Gasteiger partial charge on any atom is -0.347 e. The third-order valence-corrected chi connectivity index (χ3v) is 3.09. The molecule has 1 heterocycles. The summed E-state index contributed by atoms with van der Waals surface area (Å²) in [4.78, 5) is 2.21. The Morgan fingerprint density at radius 3 is 2.81 bits per heavy atom. The van der Waals surface area contributed by atoms with Gasteiger partial charge >= 0.3 is 0 Å².